The first-order valence-electron chi connectivity index (χ1n) is 6.25. The Bertz CT molecular complexity index is 676. The van der Waals surface area contributed by atoms with E-state index in [2.05, 4.69) is 53.2 Å². The number of hydrogen-bond acceptors (Lipinski definition) is 1. The Balaban J connectivity index is 1.82. The largest absolute Gasteiger partial charge is 0.347 e. The summed E-state index contributed by atoms with van der Waals surface area (Å²) in [5, 5.41) is 5.52. The third-order valence-corrected chi connectivity index (χ3v) is 3.33. The van der Waals surface area contributed by atoms with Gasteiger partial charge in [0, 0.05) is 31.5 Å². The number of aryl methyl sites for hydroxylation is 4. The number of aromatic nitrogens is 3. The Morgan fingerprint density at radius 2 is 2.11 bits per heavy atom. The molecule has 2 heterocycles. The molecule has 92 valence electrons. The van der Waals surface area contributed by atoms with Crippen molar-refractivity contribution in [3.63, 3.8) is 0 Å². The fraction of sp³-hybridized carbons (Fsp3) is 0.267. The van der Waals surface area contributed by atoms with Crippen LogP contribution in [0.25, 0.3) is 10.9 Å². The summed E-state index contributed by atoms with van der Waals surface area (Å²) in [6.45, 7) is 3.13. The van der Waals surface area contributed by atoms with E-state index in [4.69, 9.17) is 0 Å². The summed E-state index contributed by atoms with van der Waals surface area (Å²) in [4.78, 5) is 0. The van der Waals surface area contributed by atoms with E-state index in [-0.39, 0.29) is 0 Å². The number of benzene rings is 1. The number of nitrogens with zero attached hydrogens (tertiary/aromatic N) is 3. The van der Waals surface area contributed by atoms with Crippen LogP contribution in [0, 0.1) is 6.92 Å². The zero-order valence-electron chi connectivity index (χ0n) is 10.8. The molecule has 0 aliphatic rings. The van der Waals surface area contributed by atoms with Gasteiger partial charge in [0.1, 0.15) is 0 Å². The van der Waals surface area contributed by atoms with E-state index >= 15 is 0 Å². The summed E-state index contributed by atoms with van der Waals surface area (Å²) >= 11 is 0. The molecule has 0 radical (unpaired) electrons. The maximum absolute atomic E-state index is 4.20. The van der Waals surface area contributed by atoms with Gasteiger partial charge in [-0.05, 0) is 42.5 Å². The van der Waals surface area contributed by atoms with Crippen LogP contribution in [0.1, 0.15) is 11.1 Å². The van der Waals surface area contributed by atoms with E-state index in [1.54, 1.807) is 0 Å². The average Bonchev–Trinajstić information content (AvgIpc) is 2.92. The molecule has 1 aromatic carbocycles. The smallest absolute Gasteiger partial charge is 0.0522 e. The molecule has 18 heavy (non-hydrogen) atoms. The Morgan fingerprint density at radius 3 is 2.89 bits per heavy atom. The van der Waals surface area contributed by atoms with Crippen LogP contribution in [0.5, 0.6) is 0 Å². The topological polar surface area (TPSA) is 22.8 Å². The number of hydrogen-bond donors (Lipinski definition) is 0. The fourth-order valence-corrected chi connectivity index (χ4v) is 2.37. The Kier molecular flexibility index (Phi) is 2.67. The normalized spacial score (nSPS) is 11.2. The molecule has 0 aliphatic carbocycles. The van der Waals surface area contributed by atoms with Crippen molar-refractivity contribution in [1.82, 2.24) is 14.3 Å². The molecule has 3 aromatic rings. The molecule has 0 aliphatic heterocycles. The Morgan fingerprint density at radius 1 is 1.22 bits per heavy atom. The molecular formula is C15H17N3. The molecule has 3 rings (SSSR count). The molecule has 0 fully saturated rings. The van der Waals surface area contributed by atoms with Gasteiger partial charge in [-0.3, -0.25) is 4.68 Å². The van der Waals surface area contributed by atoms with Gasteiger partial charge in [0.05, 0.1) is 6.20 Å². The van der Waals surface area contributed by atoms with Crippen molar-refractivity contribution in [2.45, 2.75) is 19.9 Å². The number of fused-ring (bicyclic) bond motifs is 1. The lowest BCUT2D eigenvalue weighted by molar-refractivity contribution is 0.720. The van der Waals surface area contributed by atoms with Crippen molar-refractivity contribution in [3.05, 3.63) is 54.0 Å². The Labute approximate surface area is 107 Å². The molecule has 0 unspecified atom stereocenters. The van der Waals surface area contributed by atoms with Gasteiger partial charge in [-0.2, -0.15) is 5.10 Å². The molecule has 0 saturated carbocycles. The summed E-state index contributed by atoms with van der Waals surface area (Å²) in [6, 6.07) is 8.79. The molecule has 0 bridgehead atoms. The summed E-state index contributed by atoms with van der Waals surface area (Å²) in [7, 11) is 1.96. The van der Waals surface area contributed by atoms with Crippen LogP contribution in [0.4, 0.5) is 0 Å². The van der Waals surface area contributed by atoms with Gasteiger partial charge in [0.25, 0.3) is 0 Å². The van der Waals surface area contributed by atoms with Gasteiger partial charge in [-0.25, -0.2) is 0 Å². The van der Waals surface area contributed by atoms with Crippen LogP contribution in [0.15, 0.2) is 42.9 Å². The van der Waals surface area contributed by atoms with Crippen molar-refractivity contribution in [1.29, 1.82) is 0 Å². The lowest BCUT2D eigenvalue weighted by atomic mass is 10.2. The molecule has 0 spiro atoms. The van der Waals surface area contributed by atoms with Gasteiger partial charge in [0.15, 0.2) is 0 Å². The molecule has 2 aromatic heterocycles. The van der Waals surface area contributed by atoms with E-state index in [0.29, 0.717) is 0 Å². The fourth-order valence-electron chi connectivity index (χ4n) is 2.37. The molecule has 0 N–H and O–H groups in total. The van der Waals surface area contributed by atoms with Crippen LogP contribution in [0.2, 0.25) is 0 Å². The van der Waals surface area contributed by atoms with Crippen LogP contribution in [0.3, 0.4) is 0 Å². The zero-order chi connectivity index (χ0) is 12.5. The highest BCUT2D eigenvalue weighted by atomic mass is 15.2. The zero-order valence-corrected chi connectivity index (χ0v) is 10.8. The van der Waals surface area contributed by atoms with E-state index < -0.39 is 0 Å². The van der Waals surface area contributed by atoms with Crippen molar-refractivity contribution >= 4 is 10.9 Å². The minimum absolute atomic E-state index is 0.998. The van der Waals surface area contributed by atoms with E-state index in [1.165, 1.54) is 22.0 Å². The van der Waals surface area contributed by atoms with Gasteiger partial charge in [-0.15, -0.1) is 0 Å². The summed E-state index contributed by atoms with van der Waals surface area (Å²) < 4.78 is 4.16. The van der Waals surface area contributed by atoms with E-state index in [1.807, 2.05) is 17.9 Å². The Hall–Kier alpha value is -2.03. The van der Waals surface area contributed by atoms with Crippen molar-refractivity contribution in [3.8, 4) is 0 Å². The van der Waals surface area contributed by atoms with E-state index in [0.717, 1.165) is 13.0 Å². The van der Waals surface area contributed by atoms with Crippen LogP contribution < -0.4 is 0 Å². The minimum atomic E-state index is 0.998. The van der Waals surface area contributed by atoms with Crippen LogP contribution in [-0.4, -0.2) is 14.3 Å². The molecular weight excluding hydrogens is 222 g/mol. The minimum Gasteiger partial charge on any atom is -0.347 e. The summed E-state index contributed by atoms with van der Waals surface area (Å²) in [5.41, 5.74) is 3.91. The van der Waals surface area contributed by atoms with Gasteiger partial charge in [0.2, 0.25) is 0 Å². The predicted octanol–water partition coefficient (Wildman–Crippen LogP) is 2.93. The average molecular weight is 239 g/mol. The first-order chi connectivity index (χ1) is 8.72. The second kappa shape index (κ2) is 4.33. The standard InChI is InChI=1S/C15H17N3/c1-12-3-4-15-14(9-12)6-8-18(15)7-5-13-10-16-17(2)11-13/h3-4,6,8-11H,5,7H2,1-2H3. The third-order valence-electron chi connectivity index (χ3n) is 3.33. The second-order valence-corrected chi connectivity index (χ2v) is 4.84. The molecule has 0 amide bonds. The molecule has 0 atom stereocenters. The maximum Gasteiger partial charge on any atom is 0.0522 e. The van der Waals surface area contributed by atoms with Crippen molar-refractivity contribution < 1.29 is 0 Å². The molecule has 3 nitrogen and oxygen atoms in total. The molecule has 3 heteroatoms. The number of rotatable bonds is 3. The van der Waals surface area contributed by atoms with Gasteiger partial charge >= 0.3 is 0 Å². The van der Waals surface area contributed by atoms with Crippen molar-refractivity contribution in [2.24, 2.45) is 7.05 Å². The lowest BCUT2D eigenvalue weighted by Crippen LogP contribution is -1.99. The van der Waals surface area contributed by atoms with E-state index in [9.17, 15) is 0 Å². The quantitative estimate of drug-likeness (QED) is 0.689. The van der Waals surface area contributed by atoms with Crippen molar-refractivity contribution in [2.75, 3.05) is 0 Å². The third kappa shape index (κ3) is 2.04. The first kappa shape index (κ1) is 11.1. The van der Waals surface area contributed by atoms with Crippen LogP contribution in [-0.2, 0) is 20.0 Å². The summed E-state index contributed by atoms with van der Waals surface area (Å²) in [6.07, 6.45) is 7.21. The maximum atomic E-state index is 4.20. The second-order valence-electron chi connectivity index (χ2n) is 4.84. The predicted molar refractivity (Wildman–Crippen MR) is 73.6 cm³/mol. The summed E-state index contributed by atoms with van der Waals surface area (Å²) in [5.74, 6) is 0. The monoisotopic (exact) mass is 239 g/mol. The molecule has 0 saturated heterocycles. The lowest BCUT2D eigenvalue weighted by Gasteiger charge is -2.04. The highest BCUT2D eigenvalue weighted by molar-refractivity contribution is 5.80. The first-order valence-corrected chi connectivity index (χ1v) is 6.25. The van der Waals surface area contributed by atoms with Crippen LogP contribution >= 0.6 is 0 Å². The highest BCUT2D eigenvalue weighted by Crippen LogP contribution is 2.17. The highest BCUT2D eigenvalue weighted by Gasteiger charge is 2.02. The SMILES string of the molecule is Cc1ccc2c(ccn2CCc2cnn(C)c2)c1. The van der Waals surface area contributed by atoms with Gasteiger partial charge < -0.3 is 4.57 Å². The van der Waals surface area contributed by atoms with Gasteiger partial charge in [-0.1, -0.05) is 11.6 Å².